The molecule has 0 saturated heterocycles. The molecule has 1 N–H and O–H groups in total. The van der Waals surface area contributed by atoms with Crippen molar-refractivity contribution in [3.8, 4) is 6.07 Å². The quantitative estimate of drug-likeness (QED) is 0.873. The summed E-state index contributed by atoms with van der Waals surface area (Å²) in [6, 6.07) is 12.2. The summed E-state index contributed by atoms with van der Waals surface area (Å²) in [5, 5.41) is 9.34. The highest BCUT2D eigenvalue weighted by atomic mass is 15.2. The maximum Gasteiger partial charge on any atom is 0.140 e. The van der Waals surface area contributed by atoms with Crippen molar-refractivity contribution in [2.24, 2.45) is 0 Å². The molecule has 0 radical (unpaired) electrons. The molecule has 1 unspecified atom stereocenters. The van der Waals surface area contributed by atoms with Crippen LogP contribution in [0, 0.1) is 11.3 Å². The Bertz CT molecular complexity index is 498. The zero-order valence-corrected chi connectivity index (χ0v) is 10.4. The van der Waals surface area contributed by atoms with Crippen LogP contribution in [-0.2, 0) is 6.54 Å². The highest BCUT2D eigenvalue weighted by molar-refractivity contribution is 5.17. The monoisotopic (exact) mass is 240 g/mol. The highest BCUT2D eigenvalue weighted by Crippen LogP contribution is 2.19. The Labute approximate surface area is 107 Å². The van der Waals surface area contributed by atoms with Crippen molar-refractivity contribution in [3.05, 3.63) is 54.1 Å². The second kappa shape index (κ2) is 5.99. The number of aromatic nitrogens is 2. The maximum absolute atomic E-state index is 9.34. The zero-order chi connectivity index (χ0) is 12.8. The third kappa shape index (κ3) is 2.76. The van der Waals surface area contributed by atoms with Gasteiger partial charge in [0.25, 0.3) is 0 Å². The topological polar surface area (TPSA) is 55.7 Å². The molecule has 0 aliphatic carbocycles. The van der Waals surface area contributed by atoms with Gasteiger partial charge >= 0.3 is 0 Å². The summed E-state index contributed by atoms with van der Waals surface area (Å²) in [5.41, 5.74) is 2.05. The van der Waals surface area contributed by atoms with Crippen molar-refractivity contribution in [2.45, 2.75) is 19.5 Å². The van der Waals surface area contributed by atoms with Crippen LogP contribution in [0.4, 0.5) is 0 Å². The number of imidazole rings is 1. The summed E-state index contributed by atoms with van der Waals surface area (Å²) in [6.45, 7) is 3.63. The Morgan fingerprint density at radius 3 is 2.72 bits per heavy atom. The van der Waals surface area contributed by atoms with E-state index in [1.165, 1.54) is 5.56 Å². The first-order valence-electron chi connectivity index (χ1n) is 6.01. The van der Waals surface area contributed by atoms with Gasteiger partial charge in [-0.2, -0.15) is 5.26 Å². The van der Waals surface area contributed by atoms with E-state index in [0.29, 0.717) is 0 Å². The van der Waals surface area contributed by atoms with Gasteiger partial charge in [0.1, 0.15) is 6.04 Å². The second-order valence-corrected chi connectivity index (χ2v) is 4.09. The fraction of sp³-hybridized carbons (Fsp3) is 0.286. The van der Waals surface area contributed by atoms with Crippen molar-refractivity contribution in [1.29, 1.82) is 5.26 Å². The molecule has 1 aromatic carbocycles. The number of H-pyrrole nitrogens is 1. The molecule has 4 nitrogen and oxygen atoms in total. The Morgan fingerprint density at radius 1 is 1.39 bits per heavy atom. The minimum Gasteiger partial charge on any atom is -0.346 e. The van der Waals surface area contributed by atoms with E-state index in [9.17, 15) is 5.26 Å². The Hall–Kier alpha value is -2.12. The van der Waals surface area contributed by atoms with Crippen LogP contribution >= 0.6 is 0 Å². The number of hydrogen-bond acceptors (Lipinski definition) is 3. The molecule has 2 aromatic rings. The van der Waals surface area contributed by atoms with E-state index >= 15 is 0 Å². The average molecular weight is 240 g/mol. The van der Waals surface area contributed by atoms with Gasteiger partial charge < -0.3 is 4.98 Å². The van der Waals surface area contributed by atoms with E-state index in [1.54, 1.807) is 12.5 Å². The molecule has 92 valence electrons. The van der Waals surface area contributed by atoms with E-state index < -0.39 is 0 Å². The summed E-state index contributed by atoms with van der Waals surface area (Å²) in [5.74, 6) is 0. The van der Waals surface area contributed by atoms with E-state index in [-0.39, 0.29) is 6.04 Å². The standard InChI is InChI=1S/C14H16N4/c1-2-18(10-12-6-4-3-5-7-12)14(8-15)13-9-16-11-17-13/h3-7,9,11,14H,2,10H2,1H3,(H,16,17). The van der Waals surface area contributed by atoms with Gasteiger partial charge in [0.2, 0.25) is 0 Å². The lowest BCUT2D eigenvalue weighted by Gasteiger charge is -2.24. The predicted octanol–water partition coefficient (Wildman–Crippen LogP) is 2.50. The van der Waals surface area contributed by atoms with Crippen LogP contribution in [0.1, 0.15) is 24.2 Å². The summed E-state index contributed by atoms with van der Waals surface area (Å²) in [7, 11) is 0. The van der Waals surface area contributed by atoms with Gasteiger partial charge in [-0.15, -0.1) is 0 Å². The molecule has 2 rings (SSSR count). The third-order valence-electron chi connectivity index (χ3n) is 2.94. The van der Waals surface area contributed by atoms with Crippen molar-refractivity contribution in [3.63, 3.8) is 0 Å². The average Bonchev–Trinajstić information content (AvgIpc) is 2.93. The van der Waals surface area contributed by atoms with Gasteiger partial charge in [0.05, 0.1) is 24.3 Å². The van der Waals surface area contributed by atoms with E-state index in [1.807, 2.05) is 18.2 Å². The lowest BCUT2D eigenvalue weighted by atomic mass is 10.1. The van der Waals surface area contributed by atoms with Gasteiger partial charge in [-0.25, -0.2) is 4.98 Å². The van der Waals surface area contributed by atoms with E-state index in [4.69, 9.17) is 0 Å². The van der Waals surface area contributed by atoms with Gasteiger partial charge in [-0.3, -0.25) is 4.90 Å². The largest absolute Gasteiger partial charge is 0.346 e. The molecular formula is C14H16N4. The smallest absolute Gasteiger partial charge is 0.140 e. The first kappa shape index (κ1) is 12.3. The molecule has 0 bridgehead atoms. The van der Waals surface area contributed by atoms with Crippen molar-refractivity contribution < 1.29 is 0 Å². The minimum absolute atomic E-state index is 0.280. The fourth-order valence-corrected chi connectivity index (χ4v) is 1.97. The van der Waals surface area contributed by atoms with Gasteiger partial charge in [0.15, 0.2) is 0 Å². The van der Waals surface area contributed by atoms with E-state index in [0.717, 1.165) is 18.8 Å². The number of nitrogens with zero attached hydrogens (tertiary/aromatic N) is 3. The van der Waals surface area contributed by atoms with Crippen molar-refractivity contribution >= 4 is 0 Å². The second-order valence-electron chi connectivity index (χ2n) is 4.09. The molecule has 1 aromatic heterocycles. The molecule has 1 atom stereocenters. The SMILES string of the molecule is CCN(Cc1ccccc1)C(C#N)c1cnc[nH]1. The molecule has 0 aliphatic heterocycles. The van der Waals surface area contributed by atoms with Crippen LogP contribution in [0.15, 0.2) is 42.9 Å². The van der Waals surface area contributed by atoms with Gasteiger partial charge in [-0.1, -0.05) is 37.3 Å². The zero-order valence-electron chi connectivity index (χ0n) is 10.4. The number of hydrogen-bond donors (Lipinski definition) is 1. The van der Waals surface area contributed by atoms with Crippen molar-refractivity contribution in [1.82, 2.24) is 14.9 Å². The normalized spacial score (nSPS) is 12.3. The van der Waals surface area contributed by atoms with Crippen LogP contribution < -0.4 is 0 Å². The maximum atomic E-state index is 9.34. The number of benzene rings is 1. The first-order chi connectivity index (χ1) is 8.85. The van der Waals surface area contributed by atoms with Gasteiger partial charge in [0, 0.05) is 6.54 Å². The summed E-state index contributed by atoms with van der Waals surface area (Å²) < 4.78 is 0. The Kier molecular flexibility index (Phi) is 4.11. The molecule has 0 spiro atoms. The molecule has 0 amide bonds. The molecule has 18 heavy (non-hydrogen) atoms. The Morgan fingerprint density at radius 2 is 2.17 bits per heavy atom. The molecule has 1 heterocycles. The number of aromatic amines is 1. The number of nitrogens with one attached hydrogen (secondary N) is 1. The van der Waals surface area contributed by atoms with Crippen LogP contribution in [0.3, 0.4) is 0 Å². The molecule has 0 aliphatic rings. The van der Waals surface area contributed by atoms with Crippen LogP contribution in [-0.4, -0.2) is 21.4 Å². The molecule has 0 saturated carbocycles. The third-order valence-corrected chi connectivity index (χ3v) is 2.94. The molecular weight excluding hydrogens is 224 g/mol. The van der Waals surface area contributed by atoms with Crippen LogP contribution in [0.5, 0.6) is 0 Å². The lowest BCUT2D eigenvalue weighted by Crippen LogP contribution is -2.27. The summed E-state index contributed by atoms with van der Waals surface area (Å²) in [4.78, 5) is 9.11. The number of rotatable bonds is 5. The predicted molar refractivity (Wildman–Crippen MR) is 69.5 cm³/mol. The molecule has 4 heteroatoms. The lowest BCUT2D eigenvalue weighted by molar-refractivity contribution is 0.236. The minimum atomic E-state index is -0.280. The number of nitriles is 1. The Balaban J connectivity index is 2.15. The van der Waals surface area contributed by atoms with E-state index in [2.05, 4.69) is 40.0 Å². The van der Waals surface area contributed by atoms with Crippen LogP contribution in [0.2, 0.25) is 0 Å². The van der Waals surface area contributed by atoms with Crippen molar-refractivity contribution in [2.75, 3.05) is 6.54 Å². The molecule has 0 fully saturated rings. The fourth-order valence-electron chi connectivity index (χ4n) is 1.97. The summed E-state index contributed by atoms with van der Waals surface area (Å²) >= 11 is 0. The van der Waals surface area contributed by atoms with Gasteiger partial charge in [-0.05, 0) is 12.1 Å². The highest BCUT2D eigenvalue weighted by Gasteiger charge is 2.19. The summed E-state index contributed by atoms with van der Waals surface area (Å²) in [6.07, 6.45) is 3.32. The van der Waals surface area contributed by atoms with Crippen LogP contribution in [0.25, 0.3) is 0 Å². The first-order valence-corrected chi connectivity index (χ1v) is 6.01.